The van der Waals surface area contributed by atoms with E-state index in [0.29, 0.717) is 13.0 Å². The van der Waals surface area contributed by atoms with Gasteiger partial charge in [0.1, 0.15) is 0 Å². The molecule has 0 aromatic rings. The number of aliphatic hydroxyl groups is 2. The lowest BCUT2D eigenvalue weighted by molar-refractivity contribution is -0.00169. The molecule has 1 aliphatic rings. The maximum atomic E-state index is 9.98. The number of rotatable bonds is 3. The van der Waals surface area contributed by atoms with Crippen molar-refractivity contribution in [2.24, 2.45) is 5.41 Å². The summed E-state index contributed by atoms with van der Waals surface area (Å²) in [4.78, 5) is 0. The van der Waals surface area contributed by atoms with E-state index in [1.54, 1.807) is 0 Å². The fourth-order valence-corrected chi connectivity index (χ4v) is 1.83. The lowest BCUT2D eigenvalue weighted by atomic mass is 9.80. The van der Waals surface area contributed by atoms with E-state index in [1.165, 1.54) is 0 Å². The third kappa shape index (κ3) is 2.44. The average Bonchev–Trinajstić information content (AvgIpc) is 2.35. The standard InChI is InChI=1S/C9H19NO2/c1-8(2,7-11)5-9(12)3-4-10-6-9/h10-12H,3-7H2,1-2H3. The maximum Gasteiger partial charge on any atom is 0.0789 e. The minimum atomic E-state index is -0.591. The molecule has 72 valence electrons. The molecule has 3 N–H and O–H groups in total. The highest BCUT2D eigenvalue weighted by Crippen LogP contribution is 2.30. The Kier molecular flexibility index (Phi) is 2.76. The van der Waals surface area contributed by atoms with Gasteiger partial charge in [-0.1, -0.05) is 13.8 Å². The molecule has 3 heteroatoms. The predicted molar refractivity (Wildman–Crippen MR) is 47.9 cm³/mol. The van der Waals surface area contributed by atoms with Gasteiger partial charge in [-0.05, 0) is 24.8 Å². The van der Waals surface area contributed by atoms with E-state index < -0.39 is 5.60 Å². The zero-order valence-corrected chi connectivity index (χ0v) is 7.93. The zero-order valence-electron chi connectivity index (χ0n) is 7.93. The van der Waals surface area contributed by atoms with Gasteiger partial charge < -0.3 is 15.5 Å². The molecular formula is C9H19NO2. The van der Waals surface area contributed by atoms with Crippen LogP contribution in [0.1, 0.15) is 26.7 Å². The quantitative estimate of drug-likeness (QED) is 0.568. The van der Waals surface area contributed by atoms with Crippen molar-refractivity contribution in [3.05, 3.63) is 0 Å². The van der Waals surface area contributed by atoms with E-state index in [1.807, 2.05) is 13.8 Å². The van der Waals surface area contributed by atoms with Crippen LogP contribution < -0.4 is 5.32 Å². The Balaban J connectivity index is 2.48. The van der Waals surface area contributed by atoms with Gasteiger partial charge in [0.25, 0.3) is 0 Å². The second-order valence-corrected chi connectivity index (χ2v) is 4.65. The van der Waals surface area contributed by atoms with Gasteiger partial charge in [-0.2, -0.15) is 0 Å². The predicted octanol–water partition coefficient (Wildman–Crippen LogP) is 0.119. The molecule has 0 radical (unpaired) electrons. The van der Waals surface area contributed by atoms with E-state index in [-0.39, 0.29) is 12.0 Å². The molecule has 0 bridgehead atoms. The molecule has 1 fully saturated rings. The first-order chi connectivity index (χ1) is 5.47. The normalized spacial score (nSPS) is 31.0. The number of hydrogen-bond acceptors (Lipinski definition) is 3. The Morgan fingerprint density at radius 3 is 2.58 bits per heavy atom. The fraction of sp³-hybridized carbons (Fsp3) is 1.00. The van der Waals surface area contributed by atoms with Crippen molar-refractivity contribution in [2.45, 2.75) is 32.3 Å². The molecule has 0 aromatic heterocycles. The topological polar surface area (TPSA) is 52.5 Å². The first kappa shape index (κ1) is 9.96. The van der Waals surface area contributed by atoms with Crippen LogP contribution in [0, 0.1) is 5.41 Å². The fourth-order valence-electron chi connectivity index (χ4n) is 1.83. The van der Waals surface area contributed by atoms with Crippen LogP contribution in [0.25, 0.3) is 0 Å². The molecule has 1 heterocycles. The summed E-state index contributed by atoms with van der Waals surface area (Å²) in [5.41, 5.74) is -0.757. The monoisotopic (exact) mass is 173 g/mol. The second kappa shape index (κ2) is 3.32. The minimum absolute atomic E-state index is 0.134. The molecule has 1 unspecified atom stereocenters. The minimum Gasteiger partial charge on any atom is -0.396 e. The summed E-state index contributed by atoms with van der Waals surface area (Å²) in [6.45, 7) is 5.64. The average molecular weight is 173 g/mol. The maximum absolute atomic E-state index is 9.98. The summed E-state index contributed by atoms with van der Waals surface area (Å²) in [7, 11) is 0. The van der Waals surface area contributed by atoms with Crippen molar-refractivity contribution in [2.75, 3.05) is 19.7 Å². The summed E-state index contributed by atoms with van der Waals surface area (Å²) < 4.78 is 0. The molecule has 1 atom stereocenters. The van der Waals surface area contributed by atoms with Gasteiger partial charge >= 0.3 is 0 Å². The van der Waals surface area contributed by atoms with Gasteiger partial charge in [0.15, 0.2) is 0 Å². The van der Waals surface area contributed by atoms with E-state index in [9.17, 15) is 5.11 Å². The lowest BCUT2D eigenvalue weighted by Gasteiger charge is -2.31. The lowest BCUT2D eigenvalue weighted by Crippen LogP contribution is -2.38. The molecule has 1 saturated heterocycles. The number of β-amino-alcohol motifs (C(OH)–C–C–N with tert-alkyl or cyclic N) is 1. The van der Waals surface area contributed by atoms with Crippen LogP contribution in [0.2, 0.25) is 0 Å². The highest BCUT2D eigenvalue weighted by Gasteiger charge is 2.36. The van der Waals surface area contributed by atoms with Crippen molar-refractivity contribution >= 4 is 0 Å². The molecule has 0 spiro atoms. The molecule has 3 nitrogen and oxygen atoms in total. The third-order valence-electron chi connectivity index (χ3n) is 2.46. The number of nitrogens with one attached hydrogen (secondary N) is 1. The van der Waals surface area contributed by atoms with Gasteiger partial charge in [-0.15, -0.1) is 0 Å². The molecule has 0 aromatic carbocycles. The van der Waals surface area contributed by atoms with E-state index in [4.69, 9.17) is 5.11 Å². The summed E-state index contributed by atoms with van der Waals surface area (Å²) in [6.07, 6.45) is 1.47. The Hall–Kier alpha value is -0.120. The molecule has 12 heavy (non-hydrogen) atoms. The molecule has 0 amide bonds. The summed E-state index contributed by atoms with van der Waals surface area (Å²) in [6, 6.07) is 0. The molecule has 1 aliphatic heterocycles. The Morgan fingerprint density at radius 2 is 2.17 bits per heavy atom. The highest BCUT2D eigenvalue weighted by atomic mass is 16.3. The zero-order chi connectivity index (χ0) is 9.24. The van der Waals surface area contributed by atoms with Crippen LogP contribution in [0.15, 0.2) is 0 Å². The van der Waals surface area contributed by atoms with E-state index in [0.717, 1.165) is 13.0 Å². The van der Waals surface area contributed by atoms with Gasteiger partial charge in [0, 0.05) is 13.2 Å². The number of aliphatic hydroxyl groups excluding tert-OH is 1. The number of hydrogen-bond donors (Lipinski definition) is 3. The Morgan fingerprint density at radius 1 is 1.50 bits per heavy atom. The molecular weight excluding hydrogens is 154 g/mol. The smallest absolute Gasteiger partial charge is 0.0789 e. The van der Waals surface area contributed by atoms with Crippen LogP contribution in [0.3, 0.4) is 0 Å². The van der Waals surface area contributed by atoms with Gasteiger partial charge in [0.05, 0.1) is 5.60 Å². The second-order valence-electron chi connectivity index (χ2n) is 4.65. The van der Waals surface area contributed by atoms with Crippen molar-refractivity contribution < 1.29 is 10.2 Å². The van der Waals surface area contributed by atoms with Gasteiger partial charge in [0.2, 0.25) is 0 Å². The van der Waals surface area contributed by atoms with Crippen LogP contribution in [-0.2, 0) is 0 Å². The van der Waals surface area contributed by atoms with Crippen LogP contribution in [0.5, 0.6) is 0 Å². The first-order valence-corrected chi connectivity index (χ1v) is 4.51. The molecule has 0 saturated carbocycles. The van der Waals surface area contributed by atoms with Crippen molar-refractivity contribution in [1.29, 1.82) is 0 Å². The van der Waals surface area contributed by atoms with Gasteiger partial charge in [-0.25, -0.2) is 0 Å². The molecule has 0 aliphatic carbocycles. The third-order valence-corrected chi connectivity index (χ3v) is 2.46. The first-order valence-electron chi connectivity index (χ1n) is 4.51. The Bertz CT molecular complexity index is 151. The summed E-state index contributed by atoms with van der Waals surface area (Å²) in [5, 5.41) is 22.1. The van der Waals surface area contributed by atoms with E-state index in [2.05, 4.69) is 5.32 Å². The van der Waals surface area contributed by atoms with Crippen molar-refractivity contribution in [3.8, 4) is 0 Å². The van der Waals surface area contributed by atoms with Crippen LogP contribution in [0.4, 0.5) is 0 Å². The largest absolute Gasteiger partial charge is 0.396 e. The SMILES string of the molecule is CC(C)(CO)CC1(O)CCNC1. The molecule has 1 rings (SSSR count). The van der Waals surface area contributed by atoms with E-state index >= 15 is 0 Å². The Labute approximate surface area is 73.8 Å². The highest BCUT2D eigenvalue weighted by molar-refractivity contribution is 4.91. The van der Waals surface area contributed by atoms with Crippen molar-refractivity contribution in [3.63, 3.8) is 0 Å². The summed E-state index contributed by atoms with van der Waals surface area (Å²) in [5.74, 6) is 0. The van der Waals surface area contributed by atoms with Crippen LogP contribution in [-0.4, -0.2) is 35.5 Å². The summed E-state index contributed by atoms with van der Waals surface area (Å²) >= 11 is 0. The van der Waals surface area contributed by atoms with Gasteiger partial charge in [-0.3, -0.25) is 0 Å². The van der Waals surface area contributed by atoms with Crippen LogP contribution >= 0.6 is 0 Å². The van der Waals surface area contributed by atoms with Crippen molar-refractivity contribution in [1.82, 2.24) is 5.32 Å².